The summed E-state index contributed by atoms with van der Waals surface area (Å²) in [5.41, 5.74) is 7.00. The van der Waals surface area contributed by atoms with Crippen LogP contribution in [0.3, 0.4) is 0 Å². The van der Waals surface area contributed by atoms with Crippen LogP contribution in [0.2, 0.25) is 0 Å². The molecule has 4 rings (SSSR count). The van der Waals surface area contributed by atoms with Crippen LogP contribution >= 0.6 is 0 Å². The first-order valence-electron chi connectivity index (χ1n) is 7.48. The molecule has 3 N–H and O–H groups in total. The molecule has 0 amide bonds. The number of fused-ring (bicyclic) bond motifs is 2. The third-order valence-electron chi connectivity index (χ3n) is 4.14. The molecule has 2 aliphatic rings. The second-order valence-electron chi connectivity index (χ2n) is 6.29. The standard InChI is InChI=1S/C14H19N5O4/c1-6-17-11(15)8-12(18-6)19(5-16-8)13-10-9(7(4-20)21-13)22-14(2,3)23-10/h5,7,9-10,13,20H,4H2,1-3H3,(H2,15,17,18)/t7-,9+,10-,13-/m1/s1. The first-order chi connectivity index (χ1) is 10.9. The van der Waals surface area contributed by atoms with Gasteiger partial charge in [-0.1, -0.05) is 0 Å². The SMILES string of the molecule is Cc1nc(N)c2ncn([C@@H]3O[C@H](CO)[C@@H]4OC(C)(C)O[C@H]43)c2n1. The molecule has 0 bridgehead atoms. The van der Waals surface area contributed by atoms with Gasteiger partial charge in [0, 0.05) is 0 Å². The summed E-state index contributed by atoms with van der Waals surface area (Å²) in [6.07, 6.45) is -0.0819. The number of aromatic nitrogens is 4. The summed E-state index contributed by atoms with van der Waals surface area (Å²) in [7, 11) is 0. The Morgan fingerprint density at radius 2 is 2.04 bits per heavy atom. The molecule has 2 aromatic heterocycles. The van der Waals surface area contributed by atoms with E-state index in [9.17, 15) is 5.11 Å². The monoisotopic (exact) mass is 321 g/mol. The van der Waals surface area contributed by atoms with E-state index >= 15 is 0 Å². The molecule has 124 valence electrons. The molecule has 2 aliphatic heterocycles. The van der Waals surface area contributed by atoms with Gasteiger partial charge >= 0.3 is 0 Å². The number of nitrogens with zero attached hydrogens (tertiary/aromatic N) is 4. The topological polar surface area (TPSA) is 118 Å². The number of anilines is 1. The third kappa shape index (κ3) is 2.19. The third-order valence-corrected chi connectivity index (χ3v) is 4.14. The summed E-state index contributed by atoms with van der Waals surface area (Å²) in [4.78, 5) is 12.8. The van der Waals surface area contributed by atoms with Gasteiger partial charge < -0.3 is 25.1 Å². The fourth-order valence-corrected chi connectivity index (χ4v) is 3.27. The Kier molecular flexibility index (Phi) is 3.11. The lowest BCUT2D eigenvalue weighted by Crippen LogP contribution is -2.31. The molecular formula is C14H19N5O4. The maximum atomic E-state index is 9.57. The van der Waals surface area contributed by atoms with Crippen LogP contribution in [-0.2, 0) is 14.2 Å². The van der Waals surface area contributed by atoms with E-state index in [0.717, 1.165) is 0 Å². The zero-order chi connectivity index (χ0) is 16.4. The lowest BCUT2D eigenvalue weighted by molar-refractivity contribution is -0.199. The molecule has 4 heterocycles. The first kappa shape index (κ1) is 14.8. The number of aliphatic hydroxyl groups excluding tert-OH is 1. The van der Waals surface area contributed by atoms with E-state index in [-0.39, 0.29) is 18.8 Å². The minimum Gasteiger partial charge on any atom is -0.394 e. The molecule has 0 saturated carbocycles. The molecule has 2 saturated heterocycles. The average Bonchev–Trinajstić information content (AvgIpc) is 3.09. The van der Waals surface area contributed by atoms with Gasteiger partial charge in [-0.25, -0.2) is 15.0 Å². The Morgan fingerprint density at radius 3 is 2.78 bits per heavy atom. The maximum absolute atomic E-state index is 9.57. The van der Waals surface area contributed by atoms with E-state index in [1.807, 2.05) is 13.8 Å². The fourth-order valence-electron chi connectivity index (χ4n) is 3.27. The molecule has 2 fully saturated rings. The smallest absolute Gasteiger partial charge is 0.167 e. The minimum atomic E-state index is -0.731. The van der Waals surface area contributed by atoms with Crippen LogP contribution in [0, 0.1) is 6.92 Å². The highest BCUT2D eigenvalue weighted by molar-refractivity contribution is 5.81. The first-order valence-corrected chi connectivity index (χ1v) is 7.48. The molecule has 0 radical (unpaired) electrons. The lowest BCUT2D eigenvalue weighted by atomic mass is 10.1. The summed E-state index contributed by atoms with van der Waals surface area (Å²) >= 11 is 0. The molecule has 9 nitrogen and oxygen atoms in total. The van der Waals surface area contributed by atoms with Crippen molar-refractivity contribution in [2.24, 2.45) is 0 Å². The number of aryl methyl sites for hydroxylation is 1. The van der Waals surface area contributed by atoms with Crippen molar-refractivity contribution in [2.75, 3.05) is 12.3 Å². The van der Waals surface area contributed by atoms with E-state index in [1.165, 1.54) is 0 Å². The quantitative estimate of drug-likeness (QED) is 0.801. The molecule has 4 atom stereocenters. The molecule has 0 unspecified atom stereocenters. The molecule has 2 aromatic rings. The van der Waals surface area contributed by atoms with Crippen LogP contribution in [0.4, 0.5) is 5.82 Å². The maximum Gasteiger partial charge on any atom is 0.167 e. The van der Waals surface area contributed by atoms with Crippen molar-refractivity contribution in [3.05, 3.63) is 12.2 Å². The lowest BCUT2D eigenvalue weighted by Gasteiger charge is -2.24. The highest BCUT2D eigenvalue weighted by Gasteiger charge is 2.55. The number of aliphatic hydroxyl groups is 1. The van der Waals surface area contributed by atoms with Crippen molar-refractivity contribution in [1.29, 1.82) is 0 Å². The number of nitrogens with two attached hydrogens (primary N) is 1. The number of hydrogen-bond donors (Lipinski definition) is 2. The van der Waals surface area contributed by atoms with E-state index < -0.39 is 18.1 Å². The van der Waals surface area contributed by atoms with Gasteiger partial charge in [0.15, 0.2) is 23.5 Å². The van der Waals surface area contributed by atoms with Crippen LogP contribution < -0.4 is 5.73 Å². The Hall–Kier alpha value is -1.81. The van der Waals surface area contributed by atoms with Crippen molar-refractivity contribution < 1.29 is 19.3 Å². The molecule has 0 aliphatic carbocycles. The highest BCUT2D eigenvalue weighted by Crippen LogP contribution is 2.43. The fraction of sp³-hybridized carbons (Fsp3) is 0.643. The summed E-state index contributed by atoms with van der Waals surface area (Å²) in [5, 5.41) is 9.57. The molecular weight excluding hydrogens is 302 g/mol. The van der Waals surface area contributed by atoms with Crippen LogP contribution in [0.25, 0.3) is 11.2 Å². The number of imidazole rings is 1. The van der Waals surface area contributed by atoms with Crippen molar-refractivity contribution >= 4 is 17.0 Å². The largest absolute Gasteiger partial charge is 0.394 e. The van der Waals surface area contributed by atoms with E-state index in [0.29, 0.717) is 22.8 Å². The Bertz CT molecular complexity index is 761. The Morgan fingerprint density at radius 1 is 1.30 bits per heavy atom. The normalized spacial score (nSPS) is 32.5. The number of hydrogen-bond acceptors (Lipinski definition) is 8. The Balaban J connectivity index is 1.79. The van der Waals surface area contributed by atoms with Crippen LogP contribution in [0.5, 0.6) is 0 Å². The van der Waals surface area contributed by atoms with Crippen LogP contribution in [0.15, 0.2) is 6.33 Å². The van der Waals surface area contributed by atoms with Gasteiger partial charge in [0.1, 0.15) is 29.7 Å². The van der Waals surface area contributed by atoms with Gasteiger partial charge in [-0.15, -0.1) is 0 Å². The van der Waals surface area contributed by atoms with Gasteiger partial charge in [0.2, 0.25) is 0 Å². The van der Waals surface area contributed by atoms with Crippen molar-refractivity contribution in [3.8, 4) is 0 Å². The predicted molar refractivity (Wildman–Crippen MR) is 79.3 cm³/mol. The highest BCUT2D eigenvalue weighted by atomic mass is 16.8. The predicted octanol–water partition coefficient (Wildman–Crippen LogP) is 0.127. The number of nitrogen functional groups attached to an aromatic ring is 1. The zero-order valence-corrected chi connectivity index (χ0v) is 13.1. The van der Waals surface area contributed by atoms with E-state index in [1.54, 1.807) is 17.8 Å². The van der Waals surface area contributed by atoms with Crippen molar-refractivity contribution in [1.82, 2.24) is 19.5 Å². The van der Waals surface area contributed by atoms with E-state index in [4.69, 9.17) is 19.9 Å². The molecule has 0 aromatic carbocycles. The van der Waals surface area contributed by atoms with Gasteiger partial charge in [-0.3, -0.25) is 4.57 Å². The number of ether oxygens (including phenoxy) is 3. The minimum absolute atomic E-state index is 0.153. The summed E-state index contributed by atoms with van der Waals surface area (Å²) in [6, 6.07) is 0. The molecule has 0 spiro atoms. The van der Waals surface area contributed by atoms with Crippen LogP contribution in [-0.4, -0.2) is 55.3 Å². The molecule has 9 heteroatoms. The van der Waals surface area contributed by atoms with E-state index in [2.05, 4.69) is 15.0 Å². The Labute approximate surface area is 132 Å². The second-order valence-corrected chi connectivity index (χ2v) is 6.29. The summed E-state index contributed by atoms with van der Waals surface area (Å²) < 4.78 is 19.5. The van der Waals surface area contributed by atoms with Gasteiger partial charge in [0.25, 0.3) is 0 Å². The van der Waals surface area contributed by atoms with Crippen LogP contribution in [0.1, 0.15) is 25.9 Å². The second kappa shape index (κ2) is 4.84. The van der Waals surface area contributed by atoms with Gasteiger partial charge in [0.05, 0.1) is 12.9 Å². The number of rotatable bonds is 2. The average molecular weight is 321 g/mol. The van der Waals surface area contributed by atoms with Gasteiger partial charge in [-0.2, -0.15) is 0 Å². The molecule has 23 heavy (non-hydrogen) atoms. The van der Waals surface area contributed by atoms with Crippen molar-refractivity contribution in [3.63, 3.8) is 0 Å². The summed E-state index contributed by atoms with van der Waals surface area (Å²) in [6.45, 7) is 5.29. The zero-order valence-electron chi connectivity index (χ0n) is 13.1. The van der Waals surface area contributed by atoms with Crippen molar-refractivity contribution in [2.45, 2.75) is 51.1 Å². The summed E-state index contributed by atoms with van der Waals surface area (Å²) in [5.74, 6) is 0.141. The van der Waals surface area contributed by atoms with Gasteiger partial charge in [-0.05, 0) is 20.8 Å².